The molecule has 1 heterocycles. The van der Waals surface area contributed by atoms with E-state index in [4.69, 9.17) is 21.1 Å². The molecule has 0 N–H and O–H groups in total. The fraction of sp³-hybridized carbons (Fsp3) is 0.333. The highest BCUT2D eigenvalue weighted by Gasteiger charge is 2.19. The molecule has 3 aromatic rings. The molecule has 0 atom stereocenters. The van der Waals surface area contributed by atoms with Crippen LogP contribution in [0.4, 0.5) is 9.18 Å². The molecule has 0 aliphatic rings. The molecular formula is C24H26ClFN2O3S. The largest absolute Gasteiger partial charge is 0.494 e. The van der Waals surface area contributed by atoms with Crippen molar-refractivity contribution >= 4 is 40.4 Å². The molecule has 0 bridgehead atoms. The number of hydrogen-bond donors (Lipinski definition) is 0. The van der Waals surface area contributed by atoms with Crippen LogP contribution in [0.25, 0.3) is 22.2 Å². The van der Waals surface area contributed by atoms with Crippen LogP contribution in [0.5, 0.6) is 5.75 Å². The number of rotatable bonds is 6. The fourth-order valence-electron chi connectivity index (χ4n) is 2.94. The Morgan fingerprint density at radius 2 is 1.88 bits per heavy atom. The number of halogens is 2. The summed E-state index contributed by atoms with van der Waals surface area (Å²) >= 11 is 8.03. The molecular weight excluding hydrogens is 451 g/mol. The van der Waals surface area contributed by atoms with Crippen molar-refractivity contribution in [3.8, 4) is 17.0 Å². The lowest BCUT2D eigenvalue weighted by atomic mass is 10.1. The molecule has 0 radical (unpaired) electrons. The molecule has 8 heteroatoms. The van der Waals surface area contributed by atoms with Gasteiger partial charge >= 0.3 is 6.09 Å². The van der Waals surface area contributed by atoms with E-state index in [1.807, 2.05) is 45.0 Å². The van der Waals surface area contributed by atoms with Gasteiger partial charge in [0.15, 0.2) is 11.6 Å². The Kier molecular flexibility index (Phi) is 7.51. The van der Waals surface area contributed by atoms with Crippen molar-refractivity contribution in [1.82, 2.24) is 9.88 Å². The van der Waals surface area contributed by atoms with Gasteiger partial charge in [0, 0.05) is 41.3 Å². The van der Waals surface area contributed by atoms with Gasteiger partial charge in [0.25, 0.3) is 0 Å². The SMILES string of the molecule is COc1cc2nc(-c3ccc(SCCN(C)C(=O)OC(C)(C)C)cc3)cc(Cl)c2cc1F. The number of carbonyl (C=O) groups excluding carboxylic acids is 1. The summed E-state index contributed by atoms with van der Waals surface area (Å²) in [6.07, 6.45) is -0.329. The van der Waals surface area contributed by atoms with E-state index in [9.17, 15) is 9.18 Å². The standard InChI is InChI=1S/C24H26ClFN2O3S/c1-24(2,3)31-23(29)28(4)10-11-32-16-8-6-15(7-9-16)20-13-18(25)17-12-19(26)22(30-5)14-21(17)27-20/h6-9,12-14H,10-11H2,1-5H3. The summed E-state index contributed by atoms with van der Waals surface area (Å²) in [4.78, 5) is 19.3. The summed E-state index contributed by atoms with van der Waals surface area (Å²) in [6.45, 7) is 6.12. The summed E-state index contributed by atoms with van der Waals surface area (Å²) in [5, 5.41) is 0.963. The molecule has 0 unspecified atom stereocenters. The van der Waals surface area contributed by atoms with E-state index in [0.29, 0.717) is 28.2 Å². The van der Waals surface area contributed by atoms with Gasteiger partial charge in [0.05, 0.1) is 23.3 Å². The van der Waals surface area contributed by atoms with Crippen LogP contribution in [0.1, 0.15) is 20.8 Å². The monoisotopic (exact) mass is 476 g/mol. The first-order chi connectivity index (χ1) is 15.1. The number of nitrogens with zero attached hydrogens (tertiary/aromatic N) is 2. The molecule has 1 amide bonds. The predicted octanol–water partition coefficient (Wildman–Crippen LogP) is 6.66. The van der Waals surface area contributed by atoms with Crippen LogP contribution in [0, 0.1) is 5.82 Å². The van der Waals surface area contributed by atoms with E-state index in [1.54, 1.807) is 35.8 Å². The number of fused-ring (bicyclic) bond motifs is 1. The number of hydrogen-bond acceptors (Lipinski definition) is 5. The summed E-state index contributed by atoms with van der Waals surface area (Å²) in [5.41, 5.74) is 1.65. The van der Waals surface area contributed by atoms with Gasteiger partial charge in [0.2, 0.25) is 0 Å². The lowest BCUT2D eigenvalue weighted by Gasteiger charge is -2.24. The number of pyridine rings is 1. The molecule has 0 aliphatic carbocycles. The Hall–Kier alpha value is -2.51. The van der Waals surface area contributed by atoms with Crippen LogP contribution < -0.4 is 4.74 Å². The number of methoxy groups -OCH3 is 1. The number of thioether (sulfide) groups is 1. The van der Waals surface area contributed by atoms with Gasteiger partial charge < -0.3 is 14.4 Å². The Labute approximate surface area is 196 Å². The Bertz CT molecular complexity index is 1120. The van der Waals surface area contributed by atoms with Crippen molar-refractivity contribution in [2.24, 2.45) is 0 Å². The highest BCUT2D eigenvalue weighted by atomic mass is 35.5. The van der Waals surface area contributed by atoms with Crippen molar-refractivity contribution in [1.29, 1.82) is 0 Å². The molecule has 0 spiro atoms. The van der Waals surface area contributed by atoms with Crippen molar-refractivity contribution < 1.29 is 18.7 Å². The first-order valence-electron chi connectivity index (χ1n) is 10.1. The molecule has 32 heavy (non-hydrogen) atoms. The van der Waals surface area contributed by atoms with E-state index >= 15 is 0 Å². The topological polar surface area (TPSA) is 51.7 Å². The summed E-state index contributed by atoms with van der Waals surface area (Å²) < 4.78 is 24.4. The van der Waals surface area contributed by atoms with Crippen LogP contribution in [0.15, 0.2) is 47.4 Å². The third-order valence-corrected chi connectivity index (χ3v) is 5.89. The molecule has 0 aliphatic heterocycles. The van der Waals surface area contributed by atoms with Crippen molar-refractivity contribution in [3.63, 3.8) is 0 Å². The highest BCUT2D eigenvalue weighted by Crippen LogP contribution is 2.32. The first kappa shape index (κ1) is 24.1. The second-order valence-corrected chi connectivity index (χ2v) is 9.84. The average molecular weight is 477 g/mol. The molecule has 170 valence electrons. The predicted molar refractivity (Wildman–Crippen MR) is 128 cm³/mol. The Morgan fingerprint density at radius 3 is 2.50 bits per heavy atom. The van der Waals surface area contributed by atoms with E-state index in [0.717, 1.165) is 16.2 Å². The van der Waals surface area contributed by atoms with Crippen molar-refractivity contribution in [2.75, 3.05) is 26.5 Å². The minimum Gasteiger partial charge on any atom is -0.494 e. The number of amides is 1. The molecule has 0 saturated heterocycles. The van der Waals surface area contributed by atoms with Crippen LogP contribution in [0.2, 0.25) is 5.02 Å². The number of benzene rings is 2. The Balaban J connectivity index is 1.67. The molecule has 1 aromatic heterocycles. The van der Waals surface area contributed by atoms with Crippen LogP contribution in [0.3, 0.4) is 0 Å². The van der Waals surface area contributed by atoms with Gasteiger partial charge in [-0.3, -0.25) is 0 Å². The summed E-state index contributed by atoms with van der Waals surface area (Å²) in [6, 6.07) is 12.5. The number of ether oxygens (including phenoxy) is 2. The zero-order valence-corrected chi connectivity index (χ0v) is 20.3. The maximum atomic E-state index is 14.0. The lowest BCUT2D eigenvalue weighted by Crippen LogP contribution is -2.35. The highest BCUT2D eigenvalue weighted by molar-refractivity contribution is 7.99. The number of aromatic nitrogens is 1. The van der Waals surface area contributed by atoms with Gasteiger partial charge in [-0.05, 0) is 45.0 Å². The smallest absolute Gasteiger partial charge is 0.410 e. The third-order valence-electron chi connectivity index (χ3n) is 4.58. The van der Waals surface area contributed by atoms with Gasteiger partial charge in [0.1, 0.15) is 5.60 Å². The lowest BCUT2D eigenvalue weighted by molar-refractivity contribution is 0.0309. The van der Waals surface area contributed by atoms with E-state index in [1.165, 1.54) is 13.2 Å². The second kappa shape index (κ2) is 9.96. The normalized spacial score (nSPS) is 11.5. The zero-order chi connectivity index (χ0) is 23.5. The Morgan fingerprint density at radius 1 is 1.19 bits per heavy atom. The van der Waals surface area contributed by atoms with Gasteiger partial charge in [-0.1, -0.05) is 23.7 Å². The summed E-state index contributed by atoms with van der Waals surface area (Å²) in [5.74, 6) is 0.386. The fourth-order valence-corrected chi connectivity index (χ4v) is 4.13. The number of carbonyl (C=O) groups is 1. The molecule has 0 saturated carbocycles. The van der Waals surface area contributed by atoms with Gasteiger partial charge in [-0.2, -0.15) is 0 Å². The van der Waals surface area contributed by atoms with Crippen molar-refractivity contribution in [2.45, 2.75) is 31.3 Å². The van der Waals surface area contributed by atoms with Gasteiger partial charge in [-0.25, -0.2) is 14.2 Å². The average Bonchev–Trinajstić information content (AvgIpc) is 2.73. The third kappa shape index (κ3) is 6.04. The van der Waals surface area contributed by atoms with Crippen LogP contribution in [-0.2, 0) is 4.74 Å². The van der Waals surface area contributed by atoms with E-state index in [-0.39, 0.29) is 11.8 Å². The molecule has 5 nitrogen and oxygen atoms in total. The van der Waals surface area contributed by atoms with Crippen LogP contribution in [-0.4, -0.2) is 48.0 Å². The second-order valence-electron chi connectivity index (χ2n) is 8.27. The van der Waals surface area contributed by atoms with Crippen LogP contribution >= 0.6 is 23.4 Å². The molecule has 3 rings (SSSR count). The minimum absolute atomic E-state index is 0.126. The quantitative estimate of drug-likeness (QED) is 0.372. The summed E-state index contributed by atoms with van der Waals surface area (Å²) in [7, 11) is 3.14. The zero-order valence-electron chi connectivity index (χ0n) is 18.7. The van der Waals surface area contributed by atoms with Gasteiger partial charge in [-0.15, -0.1) is 11.8 Å². The maximum Gasteiger partial charge on any atom is 0.410 e. The molecule has 0 fully saturated rings. The van der Waals surface area contributed by atoms with Crippen molar-refractivity contribution in [3.05, 3.63) is 53.3 Å². The maximum absolute atomic E-state index is 14.0. The van der Waals surface area contributed by atoms with E-state index in [2.05, 4.69) is 4.98 Å². The molecule has 2 aromatic carbocycles. The first-order valence-corrected chi connectivity index (χ1v) is 11.4. The van der Waals surface area contributed by atoms with E-state index < -0.39 is 11.4 Å². The minimum atomic E-state index is -0.507.